The van der Waals surface area contributed by atoms with Gasteiger partial charge in [0.05, 0.1) is 11.3 Å². The standard InChI is InChI=1S/C12H13NO4/c1-12(2)6-9(13-16)8-5-7(11(14)15)3-4-10(8)17-12/h3-5,16H,6H2,1-2H3,(H,14,15). The summed E-state index contributed by atoms with van der Waals surface area (Å²) in [5, 5.41) is 21.1. The van der Waals surface area contributed by atoms with Crippen molar-refractivity contribution in [1.82, 2.24) is 0 Å². The average molecular weight is 235 g/mol. The molecule has 1 aromatic carbocycles. The molecule has 90 valence electrons. The lowest BCUT2D eigenvalue weighted by molar-refractivity contribution is 0.0696. The first kappa shape index (κ1) is 11.4. The number of hydrogen-bond acceptors (Lipinski definition) is 4. The molecule has 0 radical (unpaired) electrons. The molecule has 1 aliphatic rings. The molecule has 0 saturated carbocycles. The van der Waals surface area contributed by atoms with Crippen LogP contribution >= 0.6 is 0 Å². The minimum Gasteiger partial charge on any atom is -0.487 e. The lowest BCUT2D eigenvalue weighted by Gasteiger charge is -2.32. The number of carboxylic acid groups (broad SMARTS) is 1. The van der Waals surface area contributed by atoms with Crippen molar-refractivity contribution in [3.8, 4) is 5.75 Å². The van der Waals surface area contributed by atoms with Crippen LogP contribution in [0.4, 0.5) is 0 Å². The number of rotatable bonds is 1. The molecule has 2 rings (SSSR count). The Morgan fingerprint density at radius 2 is 2.18 bits per heavy atom. The number of hydrogen-bond donors (Lipinski definition) is 2. The molecule has 0 fully saturated rings. The first-order valence-electron chi connectivity index (χ1n) is 5.20. The van der Waals surface area contributed by atoms with Gasteiger partial charge in [0.1, 0.15) is 11.4 Å². The van der Waals surface area contributed by atoms with Crippen molar-refractivity contribution in [2.24, 2.45) is 5.16 Å². The molecule has 0 spiro atoms. The van der Waals surface area contributed by atoms with E-state index in [9.17, 15) is 4.79 Å². The van der Waals surface area contributed by atoms with Gasteiger partial charge in [0.2, 0.25) is 0 Å². The van der Waals surface area contributed by atoms with E-state index in [2.05, 4.69) is 5.16 Å². The zero-order valence-electron chi connectivity index (χ0n) is 9.60. The minimum absolute atomic E-state index is 0.146. The lowest BCUT2D eigenvalue weighted by Crippen LogP contribution is -2.36. The maximum atomic E-state index is 10.9. The van der Waals surface area contributed by atoms with Crippen LogP contribution in [0.5, 0.6) is 5.75 Å². The van der Waals surface area contributed by atoms with Crippen molar-refractivity contribution in [2.75, 3.05) is 0 Å². The Labute approximate surface area is 98.3 Å². The van der Waals surface area contributed by atoms with Crippen LogP contribution in [-0.2, 0) is 0 Å². The lowest BCUT2D eigenvalue weighted by atomic mass is 9.91. The van der Waals surface area contributed by atoms with Crippen LogP contribution in [0.2, 0.25) is 0 Å². The highest BCUT2D eigenvalue weighted by Crippen LogP contribution is 2.33. The smallest absolute Gasteiger partial charge is 0.335 e. The van der Waals surface area contributed by atoms with Crippen LogP contribution in [0.25, 0.3) is 0 Å². The number of aromatic carboxylic acids is 1. The highest BCUT2D eigenvalue weighted by molar-refractivity contribution is 6.05. The maximum absolute atomic E-state index is 10.9. The molecule has 1 heterocycles. The van der Waals surface area contributed by atoms with Gasteiger partial charge in [0.15, 0.2) is 0 Å². The largest absolute Gasteiger partial charge is 0.487 e. The fraction of sp³-hybridized carbons (Fsp3) is 0.333. The van der Waals surface area contributed by atoms with Crippen LogP contribution in [0.3, 0.4) is 0 Å². The molecule has 0 bridgehead atoms. The first-order valence-corrected chi connectivity index (χ1v) is 5.20. The molecule has 17 heavy (non-hydrogen) atoms. The van der Waals surface area contributed by atoms with Gasteiger partial charge in [-0.15, -0.1) is 0 Å². The van der Waals surface area contributed by atoms with Gasteiger partial charge >= 0.3 is 5.97 Å². The van der Waals surface area contributed by atoms with E-state index in [1.54, 1.807) is 6.07 Å². The van der Waals surface area contributed by atoms with Gasteiger partial charge < -0.3 is 15.1 Å². The van der Waals surface area contributed by atoms with Crippen molar-refractivity contribution in [3.05, 3.63) is 29.3 Å². The molecule has 0 atom stereocenters. The topological polar surface area (TPSA) is 79.1 Å². The molecule has 0 unspecified atom stereocenters. The number of oxime groups is 1. The van der Waals surface area contributed by atoms with Gasteiger partial charge in [0.25, 0.3) is 0 Å². The number of benzene rings is 1. The average Bonchev–Trinajstić information content (AvgIpc) is 2.26. The predicted octanol–water partition coefficient (Wildman–Crippen LogP) is 2.12. The van der Waals surface area contributed by atoms with Crippen molar-refractivity contribution < 1.29 is 19.8 Å². The summed E-state index contributed by atoms with van der Waals surface area (Å²) in [6.45, 7) is 3.76. The van der Waals surface area contributed by atoms with Gasteiger partial charge in [-0.1, -0.05) is 5.16 Å². The van der Waals surface area contributed by atoms with Crippen LogP contribution in [0, 0.1) is 0 Å². The summed E-state index contributed by atoms with van der Waals surface area (Å²) in [7, 11) is 0. The van der Waals surface area contributed by atoms with Crippen molar-refractivity contribution >= 4 is 11.7 Å². The molecule has 2 N–H and O–H groups in total. The number of nitrogens with zero attached hydrogens (tertiary/aromatic N) is 1. The second kappa shape index (κ2) is 3.76. The van der Waals surface area contributed by atoms with Gasteiger partial charge in [-0.25, -0.2) is 4.79 Å². The zero-order valence-corrected chi connectivity index (χ0v) is 9.60. The van der Waals surface area contributed by atoms with E-state index in [-0.39, 0.29) is 5.56 Å². The van der Waals surface area contributed by atoms with Crippen molar-refractivity contribution in [1.29, 1.82) is 0 Å². The maximum Gasteiger partial charge on any atom is 0.335 e. The highest BCUT2D eigenvalue weighted by Gasteiger charge is 2.31. The molecular formula is C12H13NO4. The second-order valence-electron chi connectivity index (χ2n) is 4.60. The van der Waals surface area contributed by atoms with Crippen LogP contribution in [-0.4, -0.2) is 27.6 Å². The molecule has 0 aromatic heterocycles. The Bertz CT molecular complexity index is 505. The monoisotopic (exact) mass is 235 g/mol. The molecular weight excluding hydrogens is 222 g/mol. The number of carboxylic acids is 1. The molecule has 5 heteroatoms. The van der Waals surface area contributed by atoms with E-state index in [0.29, 0.717) is 23.4 Å². The summed E-state index contributed by atoms with van der Waals surface area (Å²) >= 11 is 0. The van der Waals surface area contributed by atoms with E-state index < -0.39 is 11.6 Å². The number of carbonyl (C=O) groups is 1. The fourth-order valence-corrected chi connectivity index (χ4v) is 1.90. The number of fused-ring (bicyclic) bond motifs is 1. The molecule has 1 aliphatic heterocycles. The highest BCUT2D eigenvalue weighted by atomic mass is 16.5. The summed E-state index contributed by atoms with van der Waals surface area (Å²) in [5.74, 6) is -0.478. The quantitative estimate of drug-likeness (QED) is 0.577. The molecule has 0 aliphatic carbocycles. The first-order chi connectivity index (χ1) is 7.93. The van der Waals surface area contributed by atoms with E-state index in [1.807, 2.05) is 13.8 Å². The molecule has 0 amide bonds. The SMILES string of the molecule is CC1(C)CC(=NO)c2cc(C(=O)O)ccc2O1. The third kappa shape index (κ3) is 2.08. The summed E-state index contributed by atoms with van der Waals surface area (Å²) in [4.78, 5) is 10.9. The van der Waals surface area contributed by atoms with E-state index in [0.717, 1.165) is 0 Å². The van der Waals surface area contributed by atoms with Crippen LogP contribution < -0.4 is 4.74 Å². The minimum atomic E-state index is -1.02. The molecule has 0 saturated heterocycles. The Morgan fingerprint density at radius 1 is 1.47 bits per heavy atom. The summed E-state index contributed by atoms with van der Waals surface area (Å²) < 4.78 is 5.70. The normalized spacial score (nSPS) is 19.5. The molecule has 5 nitrogen and oxygen atoms in total. The van der Waals surface area contributed by atoms with Crippen molar-refractivity contribution in [3.63, 3.8) is 0 Å². The van der Waals surface area contributed by atoms with Crippen molar-refractivity contribution in [2.45, 2.75) is 25.9 Å². The van der Waals surface area contributed by atoms with Crippen LogP contribution in [0.15, 0.2) is 23.4 Å². The van der Waals surface area contributed by atoms with Gasteiger partial charge in [-0.3, -0.25) is 0 Å². The summed E-state index contributed by atoms with van der Waals surface area (Å²) in [6.07, 6.45) is 0.430. The van der Waals surface area contributed by atoms with E-state index in [4.69, 9.17) is 15.1 Å². The van der Waals surface area contributed by atoms with E-state index >= 15 is 0 Å². The van der Waals surface area contributed by atoms with Crippen LogP contribution in [0.1, 0.15) is 36.2 Å². The van der Waals surface area contributed by atoms with E-state index in [1.165, 1.54) is 12.1 Å². The fourth-order valence-electron chi connectivity index (χ4n) is 1.90. The molecule has 1 aromatic rings. The number of ether oxygens (including phenoxy) is 1. The van der Waals surface area contributed by atoms with Gasteiger partial charge in [-0.05, 0) is 32.0 Å². The van der Waals surface area contributed by atoms with Gasteiger partial charge in [-0.2, -0.15) is 0 Å². The third-order valence-electron chi connectivity index (χ3n) is 2.64. The Morgan fingerprint density at radius 3 is 2.76 bits per heavy atom. The summed E-state index contributed by atoms with van der Waals surface area (Å²) in [6, 6.07) is 4.52. The zero-order chi connectivity index (χ0) is 12.6. The third-order valence-corrected chi connectivity index (χ3v) is 2.64. The van der Waals surface area contributed by atoms with Gasteiger partial charge in [0, 0.05) is 12.0 Å². The second-order valence-corrected chi connectivity index (χ2v) is 4.60. The predicted molar refractivity (Wildman–Crippen MR) is 61.0 cm³/mol. The Balaban J connectivity index is 2.54. The Kier molecular flexibility index (Phi) is 2.53. The Hall–Kier alpha value is -2.04. The summed E-state index contributed by atoms with van der Waals surface area (Å²) in [5.41, 5.74) is 0.665.